The second-order valence-electron chi connectivity index (χ2n) is 4.00. The fourth-order valence-corrected chi connectivity index (χ4v) is 3.81. The summed E-state index contributed by atoms with van der Waals surface area (Å²) in [6.07, 6.45) is 0. The predicted molar refractivity (Wildman–Crippen MR) is 93.3 cm³/mol. The van der Waals surface area contributed by atoms with Crippen LogP contribution in [0.15, 0.2) is 54.3 Å². The van der Waals surface area contributed by atoms with Crippen molar-refractivity contribution >= 4 is 63.7 Å². The molecule has 0 N–H and O–H groups in total. The summed E-state index contributed by atoms with van der Waals surface area (Å²) in [5, 5.41) is 0. The van der Waals surface area contributed by atoms with E-state index in [9.17, 15) is 0 Å². The predicted octanol–water partition coefficient (Wildman–Crippen LogP) is 6.39. The van der Waals surface area contributed by atoms with Crippen LogP contribution in [0.3, 0.4) is 0 Å². The van der Waals surface area contributed by atoms with Crippen LogP contribution in [-0.2, 0) is 23.0 Å². The standard InChI is InChI=1S/C14H10Br4O2/c15-11-3-1-9(13(17)5-11)7-19-20-8-10-2-4-12(16)6-14(10)18/h1-6H,7-8H2. The van der Waals surface area contributed by atoms with E-state index >= 15 is 0 Å². The summed E-state index contributed by atoms with van der Waals surface area (Å²) >= 11 is 13.8. The van der Waals surface area contributed by atoms with Gasteiger partial charge in [-0.3, -0.25) is 0 Å². The molecule has 0 unspecified atom stereocenters. The van der Waals surface area contributed by atoms with Crippen molar-refractivity contribution in [1.29, 1.82) is 0 Å². The number of benzene rings is 2. The Morgan fingerprint density at radius 3 is 1.40 bits per heavy atom. The number of rotatable bonds is 5. The lowest BCUT2D eigenvalue weighted by Gasteiger charge is -2.08. The SMILES string of the molecule is Brc1ccc(COOCc2ccc(Br)cc2Br)c(Br)c1. The van der Waals surface area contributed by atoms with E-state index in [4.69, 9.17) is 9.78 Å². The van der Waals surface area contributed by atoms with E-state index in [0.717, 1.165) is 29.0 Å². The molecule has 106 valence electrons. The lowest BCUT2D eigenvalue weighted by molar-refractivity contribution is -0.313. The van der Waals surface area contributed by atoms with Gasteiger partial charge in [0, 0.05) is 17.9 Å². The van der Waals surface area contributed by atoms with E-state index in [-0.39, 0.29) is 0 Å². The first-order valence-electron chi connectivity index (χ1n) is 5.68. The lowest BCUT2D eigenvalue weighted by Crippen LogP contribution is -1.98. The summed E-state index contributed by atoms with van der Waals surface area (Å²) in [5.41, 5.74) is 2.06. The number of hydrogen-bond acceptors (Lipinski definition) is 2. The fraction of sp³-hybridized carbons (Fsp3) is 0.143. The largest absolute Gasteiger partial charge is 0.232 e. The molecule has 0 saturated heterocycles. The molecule has 0 spiro atoms. The molecule has 6 heteroatoms. The summed E-state index contributed by atoms with van der Waals surface area (Å²) in [6, 6.07) is 11.8. The van der Waals surface area contributed by atoms with Crippen molar-refractivity contribution < 1.29 is 9.78 Å². The third-order valence-corrected chi connectivity index (χ3v) is 5.01. The second-order valence-corrected chi connectivity index (χ2v) is 7.54. The van der Waals surface area contributed by atoms with Crippen LogP contribution in [0.4, 0.5) is 0 Å². The van der Waals surface area contributed by atoms with Crippen LogP contribution in [0.2, 0.25) is 0 Å². The van der Waals surface area contributed by atoms with Crippen LogP contribution >= 0.6 is 63.7 Å². The molecule has 2 aromatic rings. The minimum atomic E-state index is 0.391. The molecule has 0 radical (unpaired) electrons. The Morgan fingerprint density at radius 2 is 1.05 bits per heavy atom. The molecule has 20 heavy (non-hydrogen) atoms. The van der Waals surface area contributed by atoms with Crippen molar-refractivity contribution in [2.24, 2.45) is 0 Å². The molecule has 0 aliphatic heterocycles. The highest BCUT2D eigenvalue weighted by Gasteiger charge is 2.04. The highest BCUT2D eigenvalue weighted by atomic mass is 79.9. The van der Waals surface area contributed by atoms with Gasteiger partial charge in [-0.05, 0) is 35.4 Å². The Labute approximate surface area is 151 Å². The van der Waals surface area contributed by atoms with Crippen LogP contribution in [0.5, 0.6) is 0 Å². The van der Waals surface area contributed by atoms with Crippen LogP contribution in [0.25, 0.3) is 0 Å². The summed E-state index contributed by atoms with van der Waals surface area (Å²) in [6.45, 7) is 0.782. The third kappa shape index (κ3) is 4.93. The molecule has 2 aromatic carbocycles. The minimum absolute atomic E-state index is 0.391. The topological polar surface area (TPSA) is 18.5 Å². The van der Waals surface area contributed by atoms with Gasteiger partial charge in [0.25, 0.3) is 0 Å². The third-order valence-electron chi connectivity index (χ3n) is 2.54. The summed E-state index contributed by atoms with van der Waals surface area (Å²) in [7, 11) is 0. The van der Waals surface area contributed by atoms with Crippen molar-refractivity contribution in [3.63, 3.8) is 0 Å². The van der Waals surface area contributed by atoms with Gasteiger partial charge >= 0.3 is 0 Å². The molecule has 0 atom stereocenters. The van der Waals surface area contributed by atoms with E-state index < -0.39 is 0 Å². The van der Waals surface area contributed by atoms with Crippen LogP contribution in [-0.4, -0.2) is 0 Å². The zero-order valence-corrected chi connectivity index (χ0v) is 16.6. The Balaban J connectivity index is 1.84. The van der Waals surface area contributed by atoms with Gasteiger partial charge in [0.2, 0.25) is 0 Å². The maximum absolute atomic E-state index is 5.25. The maximum Gasteiger partial charge on any atom is 0.108 e. The molecule has 2 rings (SSSR count). The van der Waals surface area contributed by atoms with Crippen molar-refractivity contribution in [1.82, 2.24) is 0 Å². The number of hydrogen-bond donors (Lipinski definition) is 0. The highest BCUT2D eigenvalue weighted by Crippen LogP contribution is 2.24. The summed E-state index contributed by atoms with van der Waals surface area (Å²) in [4.78, 5) is 10.5. The zero-order chi connectivity index (χ0) is 14.5. The molecular weight excluding hydrogens is 520 g/mol. The van der Waals surface area contributed by atoms with E-state index in [1.165, 1.54) is 0 Å². The molecule has 0 amide bonds. The van der Waals surface area contributed by atoms with E-state index in [2.05, 4.69) is 63.7 Å². The van der Waals surface area contributed by atoms with Gasteiger partial charge in [0.15, 0.2) is 0 Å². The Bertz CT molecular complexity index is 548. The average molecular weight is 530 g/mol. The molecule has 0 aliphatic rings. The van der Waals surface area contributed by atoms with Gasteiger partial charge in [-0.15, -0.1) is 0 Å². The first-order valence-corrected chi connectivity index (χ1v) is 8.86. The second kappa shape index (κ2) is 8.06. The number of halogens is 4. The monoisotopic (exact) mass is 526 g/mol. The van der Waals surface area contributed by atoms with Crippen molar-refractivity contribution in [3.05, 3.63) is 65.4 Å². The Kier molecular flexibility index (Phi) is 6.71. The van der Waals surface area contributed by atoms with Crippen LogP contribution < -0.4 is 0 Å². The van der Waals surface area contributed by atoms with E-state index in [0.29, 0.717) is 13.2 Å². The van der Waals surface area contributed by atoms with E-state index in [1.54, 1.807) is 0 Å². The van der Waals surface area contributed by atoms with Crippen molar-refractivity contribution in [3.8, 4) is 0 Å². The minimum Gasteiger partial charge on any atom is -0.232 e. The lowest BCUT2D eigenvalue weighted by atomic mass is 10.2. The van der Waals surface area contributed by atoms with Crippen molar-refractivity contribution in [2.75, 3.05) is 0 Å². The van der Waals surface area contributed by atoms with Gasteiger partial charge in [-0.1, -0.05) is 75.9 Å². The van der Waals surface area contributed by atoms with Gasteiger partial charge in [0.1, 0.15) is 13.2 Å². The maximum atomic E-state index is 5.25. The highest BCUT2D eigenvalue weighted by molar-refractivity contribution is 9.11. The fourth-order valence-electron chi connectivity index (χ4n) is 1.49. The molecule has 0 aliphatic carbocycles. The molecule has 0 saturated carbocycles. The molecular formula is C14H10Br4O2. The van der Waals surface area contributed by atoms with Crippen LogP contribution in [0, 0.1) is 0 Å². The van der Waals surface area contributed by atoms with Gasteiger partial charge in [0.05, 0.1) is 0 Å². The first kappa shape index (κ1) is 16.6. The van der Waals surface area contributed by atoms with Gasteiger partial charge < -0.3 is 0 Å². The molecule has 0 heterocycles. The first-order chi connectivity index (χ1) is 9.56. The van der Waals surface area contributed by atoms with Crippen molar-refractivity contribution in [2.45, 2.75) is 13.2 Å². The van der Waals surface area contributed by atoms with Crippen LogP contribution in [0.1, 0.15) is 11.1 Å². The van der Waals surface area contributed by atoms with E-state index in [1.807, 2.05) is 36.4 Å². The summed E-state index contributed by atoms with van der Waals surface area (Å²) in [5.74, 6) is 0. The molecule has 0 aromatic heterocycles. The van der Waals surface area contributed by atoms with Gasteiger partial charge in [-0.2, -0.15) is 0 Å². The normalized spacial score (nSPS) is 10.8. The molecule has 0 fully saturated rings. The smallest absolute Gasteiger partial charge is 0.108 e. The Morgan fingerprint density at radius 1 is 0.650 bits per heavy atom. The summed E-state index contributed by atoms with van der Waals surface area (Å²) < 4.78 is 4.02. The quantitative estimate of drug-likeness (QED) is 0.254. The zero-order valence-electron chi connectivity index (χ0n) is 10.2. The van der Waals surface area contributed by atoms with Gasteiger partial charge in [-0.25, -0.2) is 9.78 Å². The average Bonchev–Trinajstić information content (AvgIpc) is 2.39. The Hall–Kier alpha value is 0.280. The molecule has 2 nitrogen and oxygen atoms in total. The molecule has 0 bridgehead atoms.